The first-order chi connectivity index (χ1) is 9.97. The first-order valence-electron chi connectivity index (χ1n) is 6.03. The number of aryl methyl sites for hydroxylation is 1. The van der Waals surface area contributed by atoms with E-state index in [0.29, 0.717) is 5.69 Å². The number of halogens is 1. The molecule has 0 saturated carbocycles. The summed E-state index contributed by atoms with van der Waals surface area (Å²) in [6, 6.07) is 6.13. The van der Waals surface area contributed by atoms with Gasteiger partial charge in [0, 0.05) is 11.0 Å². The Labute approximate surface area is 130 Å². The maximum Gasteiger partial charge on any atom is 0.335 e. The zero-order valence-electron chi connectivity index (χ0n) is 11.1. The van der Waals surface area contributed by atoms with Crippen LogP contribution in [-0.4, -0.2) is 17.0 Å². The van der Waals surface area contributed by atoms with E-state index in [1.807, 2.05) is 18.4 Å². The van der Waals surface area contributed by atoms with Gasteiger partial charge in [-0.1, -0.05) is 11.6 Å². The Bertz CT molecular complexity index is 721. The first kappa shape index (κ1) is 15.3. The summed E-state index contributed by atoms with van der Waals surface area (Å²) in [5, 5.41) is 13.6. The molecule has 0 spiro atoms. The predicted octanol–water partition coefficient (Wildman–Crippen LogP) is 4.06. The maximum absolute atomic E-state index is 11.8. The molecule has 21 heavy (non-hydrogen) atoms. The molecule has 0 fully saturated rings. The number of rotatable bonds is 4. The molecule has 0 atom stereocenters. The summed E-state index contributed by atoms with van der Waals surface area (Å²) in [5.74, 6) is -1.39. The summed E-state index contributed by atoms with van der Waals surface area (Å²) in [6.07, 6.45) is 3.15. The van der Waals surface area contributed by atoms with E-state index in [1.54, 1.807) is 17.4 Å². The molecule has 0 saturated heterocycles. The Balaban J connectivity index is 2.08. The summed E-state index contributed by atoms with van der Waals surface area (Å²) in [4.78, 5) is 23.6. The van der Waals surface area contributed by atoms with Crippen LogP contribution in [-0.2, 0) is 4.79 Å². The van der Waals surface area contributed by atoms with Crippen molar-refractivity contribution >= 4 is 46.6 Å². The molecule has 0 radical (unpaired) electrons. The fourth-order valence-corrected chi connectivity index (χ4v) is 2.68. The van der Waals surface area contributed by atoms with Gasteiger partial charge in [-0.15, -0.1) is 11.3 Å². The second-order valence-electron chi connectivity index (χ2n) is 4.29. The molecule has 1 aromatic heterocycles. The largest absolute Gasteiger partial charge is 0.478 e. The minimum atomic E-state index is -1.07. The third-order valence-electron chi connectivity index (χ3n) is 2.76. The van der Waals surface area contributed by atoms with Crippen LogP contribution in [0.5, 0.6) is 0 Å². The molecule has 0 unspecified atom stereocenters. The minimum Gasteiger partial charge on any atom is -0.478 e. The quantitative estimate of drug-likeness (QED) is 0.834. The number of benzene rings is 1. The lowest BCUT2D eigenvalue weighted by Gasteiger charge is -2.05. The van der Waals surface area contributed by atoms with Crippen LogP contribution in [0.25, 0.3) is 6.08 Å². The summed E-state index contributed by atoms with van der Waals surface area (Å²) in [7, 11) is 0. The molecule has 2 rings (SSSR count). The van der Waals surface area contributed by atoms with E-state index in [4.69, 9.17) is 16.7 Å². The summed E-state index contributed by atoms with van der Waals surface area (Å²) in [5.41, 5.74) is 1.55. The number of hydrogen-bond donors (Lipinski definition) is 2. The monoisotopic (exact) mass is 321 g/mol. The van der Waals surface area contributed by atoms with Crippen molar-refractivity contribution in [2.24, 2.45) is 0 Å². The number of nitrogens with one attached hydrogen (secondary N) is 1. The van der Waals surface area contributed by atoms with Crippen molar-refractivity contribution in [3.8, 4) is 0 Å². The van der Waals surface area contributed by atoms with Gasteiger partial charge in [0.15, 0.2) is 0 Å². The number of aromatic carboxylic acids is 1. The number of carboxylic acids is 1. The van der Waals surface area contributed by atoms with Crippen molar-refractivity contribution in [3.63, 3.8) is 0 Å². The molecule has 1 aromatic carbocycles. The number of thiophene rings is 1. The highest BCUT2D eigenvalue weighted by Gasteiger charge is 2.08. The highest BCUT2D eigenvalue weighted by atomic mass is 35.5. The van der Waals surface area contributed by atoms with Crippen LogP contribution in [0.3, 0.4) is 0 Å². The first-order valence-corrected chi connectivity index (χ1v) is 7.29. The third kappa shape index (κ3) is 3.93. The molecule has 1 amide bonds. The van der Waals surface area contributed by atoms with Gasteiger partial charge < -0.3 is 10.4 Å². The number of amides is 1. The van der Waals surface area contributed by atoms with E-state index in [0.717, 1.165) is 10.4 Å². The number of carbonyl (C=O) groups is 2. The highest BCUT2D eigenvalue weighted by molar-refractivity contribution is 7.11. The normalized spacial score (nSPS) is 10.8. The van der Waals surface area contributed by atoms with Crippen LogP contribution < -0.4 is 5.32 Å². The van der Waals surface area contributed by atoms with E-state index in [-0.39, 0.29) is 16.5 Å². The van der Waals surface area contributed by atoms with Gasteiger partial charge in [0.2, 0.25) is 5.91 Å². The summed E-state index contributed by atoms with van der Waals surface area (Å²) < 4.78 is 0. The number of hydrogen-bond acceptors (Lipinski definition) is 3. The van der Waals surface area contributed by atoms with Crippen LogP contribution in [0.4, 0.5) is 5.69 Å². The molecule has 2 N–H and O–H groups in total. The van der Waals surface area contributed by atoms with Gasteiger partial charge in [0.25, 0.3) is 0 Å². The number of carboxylic acid groups (broad SMARTS) is 1. The van der Waals surface area contributed by atoms with E-state index >= 15 is 0 Å². The van der Waals surface area contributed by atoms with Gasteiger partial charge in [-0.2, -0.15) is 0 Å². The lowest BCUT2D eigenvalue weighted by Crippen LogP contribution is -2.08. The third-order valence-corrected chi connectivity index (χ3v) is 4.06. The zero-order chi connectivity index (χ0) is 15.4. The summed E-state index contributed by atoms with van der Waals surface area (Å²) in [6.45, 7) is 1.97. The van der Waals surface area contributed by atoms with Crippen molar-refractivity contribution in [3.05, 3.63) is 56.7 Å². The average molecular weight is 322 g/mol. The van der Waals surface area contributed by atoms with Crippen LogP contribution in [0.15, 0.2) is 35.7 Å². The van der Waals surface area contributed by atoms with E-state index in [1.165, 1.54) is 24.3 Å². The summed E-state index contributed by atoms with van der Waals surface area (Å²) >= 11 is 7.49. The molecule has 0 bridgehead atoms. The molecule has 4 nitrogen and oxygen atoms in total. The molecular formula is C15H12ClNO3S. The molecule has 0 aliphatic rings. The van der Waals surface area contributed by atoms with Crippen LogP contribution in [0.1, 0.15) is 20.8 Å². The predicted molar refractivity (Wildman–Crippen MR) is 85.1 cm³/mol. The van der Waals surface area contributed by atoms with Gasteiger partial charge >= 0.3 is 5.97 Å². The van der Waals surface area contributed by atoms with Crippen LogP contribution in [0.2, 0.25) is 5.02 Å². The Morgan fingerprint density at radius 1 is 1.33 bits per heavy atom. The molecule has 0 aliphatic carbocycles. The molecule has 108 valence electrons. The van der Waals surface area contributed by atoms with Gasteiger partial charge in [0.05, 0.1) is 16.3 Å². The molecule has 6 heteroatoms. The van der Waals surface area contributed by atoms with Gasteiger partial charge in [0.1, 0.15) is 0 Å². The van der Waals surface area contributed by atoms with Gasteiger partial charge in [-0.25, -0.2) is 4.79 Å². The molecule has 1 heterocycles. The van der Waals surface area contributed by atoms with Crippen LogP contribution in [0, 0.1) is 6.92 Å². The topological polar surface area (TPSA) is 66.4 Å². The lowest BCUT2D eigenvalue weighted by molar-refractivity contribution is -0.111. The number of carbonyl (C=O) groups excluding carboxylic acids is 1. The van der Waals surface area contributed by atoms with Crippen molar-refractivity contribution in [2.45, 2.75) is 6.92 Å². The Morgan fingerprint density at radius 2 is 2.10 bits per heavy atom. The standard InChI is InChI=1S/C15H12ClNO3S/c1-9-6-7-21-13(9)4-5-14(18)17-12-3-2-10(15(19)20)8-11(12)16/h2-8H,1H3,(H,17,18)(H,19,20). The molecular weight excluding hydrogens is 310 g/mol. The average Bonchev–Trinajstić information content (AvgIpc) is 2.84. The van der Waals surface area contributed by atoms with Gasteiger partial charge in [-0.3, -0.25) is 4.79 Å². The molecule has 2 aromatic rings. The minimum absolute atomic E-state index is 0.0720. The Morgan fingerprint density at radius 3 is 2.67 bits per heavy atom. The van der Waals surface area contributed by atoms with E-state index in [2.05, 4.69) is 5.32 Å². The lowest BCUT2D eigenvalue weighted by atomic mass is 10.2. The highest BCUT2D eigenvalue weighted by Crippen LogP contribution is 2.23. The van der Waals surface area contributed by atoms with Gasteiger partial charge in [-0.05, 0) is 48.2 Å². The van der Waals surface area contributed by atoms with Crippen molar-refractivity contribution < 1.29 is 14.7 Å². The van der Waals surface area contributed by atoms with E-state index < -0.39 is 5.97 Å². The van der Waals surface area contributed by atoms with Crippen LogP contribution >= 0.6 is 22.9 Å². The maximum atomic E-state index is 11.8. The van der Waals surface area contributed by atoms with E-state index in [9.17, 15) is 9.59 Å². The Kier molecular flexibility index (Phi) is 4.77. The zero-order valence-corrected chi connectivity index (χ0v) is 12.7. The van der Waals surface area contributed by atoms with Crippen molar-refractivity contribution in [1.29, 1.82) is 0 Å². The molecule has 0 aliphatic heterocycles. The van der Waals surface area contributed by atoms with Crippen molar-refractivity contribution in [2.75, 3.05) is 5.32 Å². The SMILES string of the molecule is Cc1ccsc1C=CC(=O)Nc1ccc(C(=O)O)cc1Cl. The fourth-order valence-electron chi connectivity index (χ4n) is 1.63. The second-order valence-corrected chi connectivity index (χ2v) is 5.65. The Hall–Kier alpha value is -2.11. The second kappa shape index (κ2) is 6.56. The van der Waals surface area contributed by atoms with Crippen molar-refractivity contribution in [1.82, 2.24) is 0 Å². The smallest absolute Gasteiger partial charge is 0.335 e. The fraction of sp³-hybridized carbons (Fsp3) is 0.0667. The number of anilines is 1.